The summed E-state index contributed by atoms with van der Waals surface area (Å²) >= 11 is 0. The Labute approximate surface area is 119 Å². The van der Waals surface area contributed by atoms with Gasteiger partial charge in [0.15, 0.2) is 6.29 Å². The van der Waals surface area contributed by atoms with E-state index in [0.717, 1.165) is 0 Å². The molecule has 1 rings (SSSR count). The molecule has 1 heterocycles. The first-order valence-corrected chi connectivity index (χ1v) is 7.02. The monoisotopic (exact) mass is 288 g/mol. The summed E-state index contributed by atoms with van der Waals surface area (Å²) < 4.78 is 16.7. The van der Waals surface area contributed by atoms with Crippen LogP contribution < -0.4 is 0 Å². The first-order chi connectivity index (χ1) is 9.36. The molecule has 0 aromatic carbocycles. The minimum Gasteiger partial charge on any atom is -0.481 e. The maximum atomic E-state index is 11.2. The number of esters is 1. The molecule has 1 aliphatic heterocycles. The average Bonchev–Trinajstić information content (AvgIpc) is 2.37. The van der Waals surface area contributed by atoms with E-state index < -0.39 is 12.3 Å². The van der Waals surface area contributed by atoms with Gasteiger partial charge in [0, 0.05) is 18.8 Å². The van der Waals surface area contributed by atoms with Crippen molar-refractivity contribution in [1.29, 1.82) is 0 Å². The molecule has 6 heteroatoms. The molecule has 1 aliphatic rings. The summed E-state index contributed by atoms with van der Waals surface area (Å²) in [5.74, 6) is -1.10. The first kappa shape index (κ1) is 16.9. The van der Waals surface area contributed by atoms with Gasteiger partial charge in [0.2, 0.25) is 0 Å². The Morgan fingerprint density at radius 1 is 1.25 bits per heavy atom. The molecule has 0 aliphatic carbocycles. The zero-order valence-electron chi connectivity index (χ0n) is 12.5. The topological polar surface area (TPSA) is 82.1 Å². The molecule has 20 heavy (non-hydrogen) atoms. The molecule has 0 aromatic rings. The molecule has 1 N–H and O–H groups in total. The van der Waals surface area contributed by atoms with Crippen molar-refractivity contribution < 1.29 is 28.9 Å². The van der Waals surface area contributed by atoms with Crippen molar-refractivity contribution in [1.82, 2.24) is 0 Å². The van der Waals surface area contributed by atoms with Crippen molar-refractivity contribution >= 4 is 11.9 Å². The zero-order valence-corrected chi connectivity index (χ0v) is 12.5. The second kappa shape index (κ2) is 7.59. The van der Waals surface area contributed by atoms with E-state index in [9.17, 15) is 9.59 Å². The van der Waals surface area contributed by atoms with E-state index in [-0.39, 0.29) is 43.0 Å². The van der Waals surface area contributed by atoms with Crippen LogP contribution in [0.15, 0.2) is 0 Å². The van der Waals surface area contributed by atoms with Gasteiger partial charge in [-0.2, -0.15) is 0 Å². The number of ether oxygens (including phenoxy) is 3. The molecule has 1 saturated heterocycles. The van der Waals surface area contributed by atoms with Crippen molar-refractivity contribution in [3.05, 3.63) is 0 Å². The minimum atomic E-state index is -0.897. The van der Waals surface area contributed by atoms with E-state index in [1.54, 1.807) is 0 Å². The van der Waals surface area contributed by atoms with Crippen molar-refractivity contribution in [3.63, 3.8) is 0 Å². The smallest absolute Gasteiger partial charge is 0.305 e. The maximum absolute atomic E-state index is 11.2. The van der Waals surface area contributed by atoms with Gasteiger partial charge in [-0.25, -0.2) is 0 Å². The summed E-state index contributed by atoms with van der Waals surface area (Å²) in [7, 11) is 0. The summed E-state index contributed by atoms with van der Waals surface area (Å²) in [4.78, 5) is 21.7. The molecule has 0 spiro atoms. The Hall–Kier alpha value is -1.14. The SMILES string of the molecule is CCC1OC(OCCC(=O)O)C(C)C(C)C1OC(C)=O. The quantitative estimate of drug-likeness (QED) is 0.751. The van der Waals surface area contributed by atoms with E-state index in [4.69, 9.17) is 19.3 Å². The standard InChI is InChI=1S/C14H24O6/c1-5-11-13(19-10(4)15)8(2)9(3)14(20-11)18-7-6-12(16)17/h8-9,11,13-14H,5-7H2,1-4H3,(H,16,17). The van der Waals surface area contributed by atoms with Gasteiger partial charge in [0.05, 0.1) is 19.1 Å². The fourth-order valence-corrected chi connectivity index (χ4v) is 2.42. The van der Waals surface area contributed by atoms with E-state index >= 15 is 0 Å². The molecule has 5 unspecified atom stereocenters. The molecular weight excluding hydrogens is 264 g/mol. The highest BCUT2D eigenvalue weighted by atomic mass is 16.7. The van der Waals surface area contributed by atoms with Gasteiger partial charge in [-0.05, 0) is 6.42 Å². The molecule has 0 radical (unpaired) electrons. The number of carbonyl (C=O) groups is 2. The number of hydrogen-bond acceptors (Lipinski definition) is 5. The van der Waals surface area contributed by atoms with Crippen LogP contribution in [0.2, 0.25) is 0 Å². The maximum Gasteiger partial charge on any atom is 0.305 e. The number of carbonyl (C=O) groups excluding carboxylic acids is 1. The summed E-state index contributed by atoms with van der Waals surface area (Å²) in [6.45, 7) is 7.42. The number of rotatable bonds is 6. The third kappa shape index (κ3) is 4.45. The van der Waals surface area contributed by atoms with Crippen LogP contribution in [0.4, 0.5) is 0 Å². The number of carboxylic acid groups (broad SMARTS) is 1. The molecule has 0 amide bonds. The lowest BCUT2D eigenvalue weighted by Crippen LogP contribution is -2.51. The Balaban J connectivity index is 2.64. The Kier molecular flexibility index (Phi) is 6.42. The highest BCUT2D eigenvalue weighted by Gasteiger charge is 2.43. The van der Waals surface area contributed by atoms with Crippen LogP contribution in [0.5, 0.6) is 0 Å². The summed E-state index contributed by atoms with van der Waals surface area (Å²) in [6.07, 6.45) is -0.313. The zero-order chi connectivity index (χ0) is 15.3. The van der Waals surface area contributed by atoms with Crippen LogP contribution in [0, 0.1) is 11.8 Å². The van der Waals surface area contributed by atoms with E-state index in [2.05, 4.69) is 0 Å². The Morgan fingerprint density at radius 2 is 1.90 bits per heavy atom. The number of hydrogen-bond donors (Lipinski definition) is 1. The molecule has 6 nitrogen and oxygen atoms in total. The van der Waals surface area contributed by atoms with Gasteiger partial charge in [-0.3, -0.25) is 9.59 Å². The van der Waals surface area contributed by atoms with Crippen LogP contribution in [-0.4, -0.2) is 42.1 Å². The molecule has 0 saturated carbocycles. The summed E-state index contributed by atoms with van der Waals surface area (Å²) in [5.41, 5.74) is 0. The fourth-order valence-electron chi connectivity index (χ4n) is 2.42. The second-order valence-corrected chi connectivity index (χ2v) is 5.26. The Morgan fingerprint density at radius 3 is 2.40 bits per heavy atom. The van der Waals surface area contributed by atoms with Crippen LogP contribution in [-0.2, 0) is 23.8 Å². The minimum absolute atomic E-state index is 0.0240. The van der Waals surface area contributed by atoms with Gasteiger partial charge in [0.1, 0.15) is 6.10 Å². The Bertz CT molecular complexity index is 341. The van der Waals surface area contributed by atoms with E-state index in [1.165, 1.54) is 6.92 Å². The van der Waals surface area contributed by atoms with Crippen LogP contribution >= 0.6 is 0 Å². The highest BCUT2D eigenvalue weighted by Crippen LogP contribution is 2.34. The first-order valence-electron chi connectivity index (χ1n) is 7.02. The van der Waals surface area contributed by atoms with E-state index in [1.807, 2.05) is 20.8 Å². The molecule has 1 fully saturated rings. The second-order valence-electron chi connectivity index (χ2n) is 5.26. The van der Waals surface area contributed by atoms with Crippen molar-refractivity contribution in [3.8, 4) is 0 Å². The molecule has 5 atom stereocenters. The van der Waals surface area contributed by atoms with Gasteiger partial charge in [-0.15, -0.1) is 0 Å². The van der Waals surface area contributed by atoms with Crippen molar-refractivity contribution in [2.24, 2.45) is 11.8 Å². The van der Waals surface area contributed by atoms with Gasteiger partial charge in [0.25, 0.3) is 0 Å². The van der Waals surface area contributed by atoms with Crippen molar-refractivity contribution in [2.45, 2.75) is 59.0 Å². The molecule has 116 valence electrons. The predicted molar refractivity (Wildman–Crippen MR) is 71.0 cm³/mol. The lowest BCUT2D eigenvalue weighted by atomic mass is 9.84. The van der Waals surface area contributed by atoms with Gasteiger partial charge < -0.3 is 19.3 Å². The molecule has 0 bridgehead atoms. The third-order valence-corrected chi connectivity index (χ3v) is 3.75. The fraction of sp³-hybridized carbons (Fsp3) is 0.857. The normalized spacial score (nSPS) is 33.7. The predicted octanol–water partition coefficient (Wildman–Crippen LogP) is 1.82. The van der Waals surface area contributed by atoms with Crippen LogP contribution in [0.25, 0.3) is 0 Å². The lowest BCUT2D eigenvalue weighted by molar-refractivity contribution is -0.267. The molecular formula is C14H24O6. The number of carboxylic acids is 1. The van der Waals surface area contributed by atoms with Crippen molar-refractivity contribution in [2.75, 3.05) is 6.61 Å². The highest BCUT2D eigenvalue weighted by molar-refractivity contribution is 5.66. The molecule has 0 aromatic heterocycles. The van der Waals surface area contributed by atoms with E-state index in [0.29, 0.717) is 6.42 Å². The van der Waals surface area contributed by atoms with Gasteiger partial charge in [-0.1, -0.05) is 20.8 Å². The lowest BCUT2D eigenvalue weighted by Gasteiger charge is -2.43. The van der Waals surface area contributed by atoms with Gasteiger partial charge >= 0.3 is 11.9 Å². The number of aliphatic carboxylic acids is 1. The average molecular weight is 288 g/mol. The summed E-state index contributed by atoms with van der Waals surface area (Å²) in [5, 5.41) is 8.62. The summed E-state index contributed by atoms with van der Waals surface area (Å²) in [6, 6.07) is 0. The largest absolute Gasteiger partial charge is 0.481 e. The van der Waals surface area contributed by atoms with Crippen LogP contribution in [0.1, 0.15) is 40.5 Å². The third-order valence-electron chi connectivity index (χ3n) is 3.75. The van der Waals surface area contributed by atoms with Crippen LogP contribution in [0.3, 0.4) is 0 Å².